The van der Waals surface area contributed by atoms with Crippen molar-refractivity contribution in [1.29, 1.82) is 0 Å². The Kier molecular flexibility index (Phi) is 4.86. The minimum atomic E-state index is 0.650. The Bertz CT molecular complexity index is 342. The summed E-state index contributed by atoms with van der Waals surface area (Å²) in [7, 11) is 0. The van der Waals surface area contributed by atoms with Crippen molar-refractivity contribution >= 4 is 11.8 Å². The van der Waals surface area contributed by atoms with E-state index in [1.54, 1.807) is 0 Å². The summed E-state index contributed by atoms with van der Waals surface area (Å²) in [6, 6.07) is 0. The van der Waals surface area contributed by atoms with E-state index >= 15 is 0 Å². The molecule has 0 amide bonds. The van der Waals surface area contributed by atoms with Crippen LogP contribution in [0.3, 0.4) is 0 Å². The molecule has 1 aromatic heterocycles. The standard InChI is InChI=1S/C12H22N4S/c1-10-14-15-12(16(10)9-8-13)17-11-6-4-2-3-5-7-11/h11H,2-9,13H2,1H3. The number of nitrogens with two attached hydrogens (primary N) is 1. The van der Waals surface area contributed by atoms with Crippen molar-refractivity contribution < 1.29 is 0 Å². The van der Waals surface area contributed by atoms with Crippen molar-refractivity contribution in [3.8, 4) is 0 Å². The van der Waals surface area contributed by atoms with Crippen LogP contribution in [0.2, 0.25) is 0 Å². The summed E-state index contributed by atoms with van der Waals surface area (Å²) in [4.78, 5) is 0. The second kappa shape index (κ2) is 6.40. The Morgan fingerprint density at radius 1 is 1.24 bits per heavy atom. The molecule has 0 bridgehead atoms. The summed E-state index contributed by atoms with van der Waals surface area (Å²) in [5.74, 6) is 0.978. The van der Waals surface area contributed by atoms with E-state index in [1.807, 2.05) is 18.7 Å². The maximum atomic E-state index is 5.63. The van der Waals surface area contributed by atoms with Gasteiger partial charge < -0.3 is 10.3 Å². The highest BCUT2D eigenvalue weighted by Crippen LogP contribution is 2.31. The molecule has 0 aromatic carbocycles. The third-order valence-corrected chi connectivity index (χ3v) is 4.65. The van der Waals surface area contributed by atoms with Crippen LogP contribution in [0, 0.1) is 6.92 Å². The molecule has 1 aliphatic rings. The predicted molar refractivity (Wildman–Crippen MR) is 71.2 cm³/mol. The van der Waals surface area contributed by atoms with Crippen LogP contribution in [0.1, 0.15) is 44.3 Å². The van der Waals surface area contributed by atoms with Gasteiger partial charge in [-0.2, -0.15) is 0 Å². The zero-order valence-corrected chi connectivity index (χ0v) is 11.4. The average Bonchev–Trinajstić information content (AvgIpc) is 2.57. The van der Waals surface area contributed by atoms with Crippen LogP contribution < -0.4 is 5.73 Å². The molecule has 17 heavy (non-hydrogen) atoms. The van der Waals surface area contributed by atoms with E-state index in [9.17, 15) is 0 Å². The van der Waals surface area contributed by atoms with Gasteiger partial charge in [0.2, 0.25) is 0 Å². The van der Waals surface area contributed by atoms with E-state index in [2.05, 4.69) is 14.8 Å². The van der Waals surface area contributed by atoms with E-state index < -0.39 is 0 Å². The van der Waals surface area contributed by atoms with Crippen LogP contribution in [0.5, 0.6) is 0 Å². The normalized spacial score (nSPS) is 18.2. The van der Waals surface area contributed by atoms with Gasteiger partial charge in [0, 0.05) is 18.3 Å². The molecule has 0 atom stereocenters. The maximum Gasteiger partial charge on any atom is 0.191 e. The summed E-state index contributed by atoms with van der Waals surface area (Å²) in [5, 5.41) is 10.2. The number of aromatic nitrogens is 3. The van der Waals surface area contributed by atoms with Gasteiger partial charge in [-0.05, 0) is 19.8 Å². The predicted octanol–water partition coefficient (Wildman–Crippen LogP) is 2.36. The zero-order chi connectivity index (χ0) is 12.1. The minimum absolute atomic E-state index is 0.650. The molecule has 1 heterocycles. The Balaban J connectivity index is 2.01. The second-order valence-electron chi connectivity index (χ2n) is 4.70. The van der Waals surface area contributed by atoms with E-state index in [4.69, 9.17) is 5.73 Å². The Hall–Kier alpha value is -0.550. The summed E-state index contributed by atoms with van der Waals surface area (Å²) < 4.78 is 2.15. The van der Waals surface area contributed by atoms with Crippen LogP contribution >= 0.6 is 11.8 Å². The van der Waals surface area contributed by atoms with Crippen molar-refractivity contribution in [1.82, 2.24) is 14.8 Å². The van der Waals surface area contributed by atoms with Gasteiger partial charge in [-0.1, -0.05) is 37.4 Å². The highest BCUT2D eigenvalue weighted by atomic mass is 32.2. The molecule has 2 N–H and O–H groups in total. The molecule has 96 valence electrons. The first-order chi connectivity index (χ1) is 8.31. The van der Waals surface area contributed by atoms with E-state index in [-0.39, 0.29) is 0 Å². The second-order valence-corrected chi connectivity index (χ2v) is 5.97. The highest BCUT2D eigenvalue weighted by Gasteiger charge is 2.17. The molecule has 0 saturated heterocycles. The summed E-state index contributed by atoms with van der Waals surface area (Å²) in [6.45, 7) is 3.48. The van der Waals surface area contributed by atoms with Gasteiger partial charge >= 0.3 is 0 Å². The quantitative estimate of drug-likeness (QED) is 0.838. The third kappa shape index (κ3) is 3.45. The van der Waals surface area contributed by atoms with Crippen molar-refractivity contribution in [3.63, 3.8) is 0 Å². The van der Waals surface area contributed by atoms with E-state index in [1.165, 1.54) is 38.5 Å². The molecule has 0 spiro atoms. The fourth-order valence-electron chi connectivity index (χ4n) is 2.34. The molecule has 2 rings (SSSR count). The van der Waals surface area contributed by atoms with Crippen molar-refractivity contribution in [2.75, 3.05) is 6.54 Å². The van der Waals surface area contributed by atoms with Crippen molar-refractivity contribution in [2.45, 2.75) is 62.4 Å². The fraction of sp³-hybridized carbons (Fsp3) is 0.833. The summed E-state index contributed by atoms with van der Waals surface area (Å²) in [5.41, 5.74) is 5.63. The fourth-order valence-corrected chi connectivity index (χ4v) is 3.65. The maximum absolute atomic E-state index is 5.63. The number of aryl methyl sites for hydroxylation is 1. The Labute approximate surface area is 107 Å². The molecule has 5 heteroatoms. The molecule has 1 aliphatic carbocycles. The van der Waals surface area contributed by atoms with Gasteiger partial charge in [-0.3, -0.25) is 0 Å². The minimum Gasteiger partial charge on any atom is -0.329 e. The number of nitrogens with zero attached hydrogens (tertiary/aromatic N) is 3. The lowest BCUT2D eigenvalue weighted by molar-refractivity contribution is 0.622. The molecular formula is C12H22N4S. The first-order valence-electron chi connectivity index (χ1n) is 6.58. The van der Waals surface area contributed by atoms with Gasteiger partial charge in [0.1, 0.15) is 5.82 Å². The first-order valence-corrected chi connectivity index (χ1v) is 7.45. The van der Waals surface area contributed by atoms with Gasteiger partial charge in [0.05, 0.1) is 0 Å². The molecule has 1 fully saturated rings. The SMILES string of the molecule is Cc1nnc(SC2CCCCCC2)n1CCN. The number of hydrogen-bond acceptors (Lipinski definition) is 4. The number of thioether (sulfide) groups is 1. The lowest BCUT2D eigenvalue weighted by atomic mass is 10.2. The molecule has 0 aliphatic heterocycles. The van der Waals surface area contributed by atoms with Gasteiger partial charge in [0.15, 0.2) is 5.16 Å². The molecule has 1 aromatic rings. The Morgan fingerprint density at radius 3 is 2.59 bits per heavy atom. The van der Waals surface area contributed by atoms with Crippen LogP contribution in [-0.2, 0) is 6.54 Å². The lowest BCUT2D eigenvalue weighted by Gasteiger charge is -2.13. The van der Waals surface area contributed by atoms with E-state index in [0.29, 0.717) is 6.54 Å². The van der Waals surface area contributed by atoms with Gasteiger partial charge in [-0.15, -0.1) is 10.2 Å². The van der Waals surface area contributed by atoms with Crippen LogP contribution in [0.25, 0.3) is 0 Å². The van der Waals surface area contributed by atoms with Crippen LogP contribution in [-0.4, -0.2) is 26.6 Å². The first kappa shape index (κ1) is 12.9. The largest absolute Gasteiger partial charge is 0.329 e. The lowest BCUT2D eigenvalue weighted by Crippen LogP contribution is -2.13. The zero-order valence-electron chi connectivity index (χ0n) is 10.6. The highest BCUT2D eigenvalue weighted by molar-refractivity contribution is 7.99. The number of hydrogen-bond donors (Lipinski definition) is 1. The van der Waals surface area contributed by atoms with Gasteiger partial charge in [-0.25, -0.2) is 0 Å². The molecule has 1 saturated carbocycles. The smallest absolute Gasteiger partial charge is 0.191 e. The summed E-state index contributed by atoms with van der Waals surface area (Å²) >= 11 is 1.90. The van der Waals surface area contributed by atoms with Crippen molar-refractivity contribution in [3.05, 3.63) is 5.82 Å². The molecule has 0 radical (unpaired) electrons. The molecule has 4 nitrogen and oxygen atoms in total. The number of rotatable bonds is 4. The monoisotopic (exact) mass is 254 g/mol. The Morgan fingerprint density at radius 2 is 1.94 bits per heavy atom. The average molecular weight is 254 g/mol. The topological polar surface area (TPSA) is 56.7 Å². The van der Waals surface area contributed by atoms with Crippen LogP contribution in [0.15, 0.2) is 5.16 Å². The van der Waals surface area contributed by atoms with Crippen molar-refractivity contribution in [2.24, 2.45) is 5.73 Å². The summed E-state index contributed by atoms with van der Waals surface area (Å²) in [6.07, 6.45) is 8.15. The molecule has 0 unspecified atom stereocenters. The van der Waals surface area contributed by atoms with Crippen LogP contribution in [0.4, 0.5) is 0 Å². The molecular weight excluding hydrogens is 232 g/mol. The third-order valence-electron chi connectivity index (χ3n) is 3.33. The van der Waals surface area contributed by atoms with Gasteiger partial charge in [0.25, 0.3) is 0 Å². The van der Waals surface area contributed by atoms with E-state index in [0.717, 1.165) is 22.8 Å².